The van der Waals surface area contributed by atoms with Crippen LogP contribution < -0.4 is 4.74 Å². The van der Waals surface area contributed by atoms with Gasteiger partial charge in [0.05, 0.1) is 7.11 Å². The van der Waals surface area contributed by atoms with Crippen LogP contribution in [-0.4, -0.2) is 27.6 Å². The number of carbonyl (C=O) groups excluding carboxylic acids is 1. The molecule has 4 nitrogen and oxygen atoms in total. The summed E-state index contributed by atoms with van der Waals surface area (Å²) in [4.78, 5) is 13.1. The van der Waals surface area contributed by atoms with E-state index in [-0.39, 0.29) is 16.4 Å². The third-order valence-corrected chi connectivity index (χ3v) is 4.76. The number of hydrogen-bond donors (Lipinski definition) is 0. The normalized spacial score (nSPS) is 11.7. The van der Waals surface area contributed by atoms with Crippen LogP contribution in [0.4, 0.5) is 0 Å². The molecule has 1 heterocycles. The van der Waals surface area contributed by atoms with Gasteiger partial charge in [-0.25, -0.2) is 8.42 Å². The second-order valence-electron chi connectivity index (χ2n) is 4.35. The Bertz CT molecular complexity index is 772. The Morgan fingerprint density at radius 2 is 2.05 bits per heavy atom. The molecule has 0 aliphatic heterocycles. The molecule has 0 atom stereocenters. The summed E-state index contributed by atoms with van der Waals surface area (Å²) in [5, 5.41) is 1.92. The van der Waals surface area contributed by atoms with E-state index < -0.39 is 9.84 Å². The predicted molar refractivity (Wildman–Crippen MR) is 83.8 cm³/mol. The number of thiophene rings is 1. The quantitative estimate of drug-likeness (QED) is 0.627. The highest BCUT2D eigenvalue weighted by atomic mass is 32.2. The molecule has 2 rings (SSSR count). The minimum absolute atomic E-state index is 0.0730. The van der Waals surface area contributed by atoms with Gasteiger partial charge in [0.2, 0.25) is 0 Å². The Morgan fingerprint density at radius 1 is 1.29 bits per heavy atom. The number of ketones is 1. The van der Waals surface area contributed by atoms with Crippen molar-refractivity contribution < 1.29 is 17.9 Å². The minimum Gasteiger partial charge on any atom is -0.495 e. The number of sulfone groups is 1. The van der Waals surface area contributed by atoms with E-state index in [1.54, 1.807) is 6.08 Å². The number of allylic oxidation sites excluding steroid dienone is 1. The molecule has 0 unspecified atom stereocenters. The number of benzene rings is 1. The van der Waals surface area contributed by atoms with Crippen LogP contribution in [0.15, 0.2) is 46.7 Å². The first kappa shape index (κ1) is 15.5. The first-order valence-electron chi connectivity index (χ1n) is 6.06. The van der Waals surface area contributed by atoms with Crippen LogP contribution in [0.25, 0.3) is 6.08 Å². The summed E-state index contributed by atoms with van der Waals surface area (Å²) >= 11 is 1.53. The minimum atomic E-state index is -3.39. The molecule has 0 bridgehead atoms. The van der Waals surface area contributed by atoms with E-state index >= 15 is 0 Å². The lowest BCUT2D eigenvalue weighted by Gasteiger charge is -2.07. The fourth-order valence-electron chi connectivity index (χ4n) is 1.77. The van der Waals surface area contributed by atoms with Crippen molar-refractivity contribution in [2.45, 2.75) is 4.90 Å². The highest BCUT2D eigenvalue weighted by Crippen LogP contribution is 2.25. The van der Waals surface area contributed by atoms with E-state index in [2.05, 4.69) is 0 Å². The van der Waals surface area contributed by atoms with Gasteiger partial charge in [-0.3, -0.25) is 4.79 Å². The zero-order chi connectivity index (χ0) is 15.5. The lowest BCUT2D eigenvalue weighted by Crippen LogP contribution is -2.03. The van der Waals surface area contributed by atoms with Crippen LogP contribution in [0.5, 0.6) is 5.75 Å². The number of ether oxygens (including phenoxy) is 1. The Morgan fingerprint density at radius 3 is 2.62 bits per heavy atom. The topological polar surface area (TPSA) is 60.4 Å². The van der Waals surface area contributed by atoms with Gasteiger partial charge < -0.3 is 4.74 Å². The Balaban J connectivity index is 2.31. The molecule has 0 saturated carbocycles. The summed E-state index contributed by atoms with van der Waals surface area (Å²) in [7, 11) is -2.01. The average molecular weight is 322 g/mol. The number of rotatable bonds is 5. The van der Waals surface area contributed by atoms with E-state index in [0.29, 0.717) is 5.56 Å². The van der Waals surface area contributed by atoms with Gasteiger partial charge in [-0.15, -0.1) is 11.3 Å². The maximum Gasteiger partial charge on any atom is 0.186 e. The highest BCUT2D eigenvalue weighted by Gasteiger charge is 2.16. The molecule has 0 amide bonds. The molecule has 0 fully saturated rings. The molecular weight excluding hydrogens is 308 g/mol. The third kappa shape index (κ3) is 3.80. The monoisotopic (exact) mass is 322 g/mol. The van der Waals surface area contributed by atoms with Gasteiger partial charge in [0.15, 0.2) is 15.6 Å². The van der Waals surface area contributed by atoms with E-state index in [1.165, 1.54) is 42.7 Å². The number of carbonyl (C=O) groups is 1. The fraction of sp³-hybridized carbons (Fsp3) is 0.133. The first-order valence-corrected chi connectivity index (χ1v) is 8.83. The maximum absolute atomic E-state index is 12.1. The first-order chi connectivity index (χ1) is 9.91. The van der Waals surface area contributed by atoms with Crippen LogP contribution >= 0.6 is 11.3 Å². The van der Waals surface area contributed by atoms with Gasteiger partial charge in [-0.05, 0) is 41.8 Å². The number of methoxy groups -OCH3 is 1. The molecule has 0 aliphatic rings. The highest BCUT2D eigenvalue weighted by molar-refractivity contribution is 7.90. The SMILES string of the molecule is COc1cc(C(=O)/C=C\c2cccs2)ccc1S(C)(=O)=O. The van der Waals surface area contributed by atoms with Crippen molar-refractivity contribution >= 4 is 33.0 Å². The van der Waals surface area contributed by atoms with Crippen molar-refractivity contribution in [3.8, 4) is 5.75 Å². The summed E-state index contributed by atoms with van der Waals surface area (Å²) in [6.07, 6.45) is 4.29. The molecule has 2 aromatic rings. The van der Waals surface area contributed by atoms with Crippen molar-refractivity contribution in [1.82, 2.24) is 0 Å². The third-order valence-electron chi connectivity index (χ3n) is 2.79. The molecule has 21 heavy (non-hydrogen) atoms. The van der Waals surface area contributed by atoms with Gasteiger partial charge in [0.1, 0.15) is 10.6 Å². The average Bonchev–Trinajstić information content (AvgIpc) is 2.96. The summed E-state index contributed by atoms with van der Waals surface area (Å²) in [6.45, 7) is 0. The lowest BCUT2D eigenvalue weighted by atomic mass is 10.1. The molecule has 1 aromatic heterocycles. The van der Waals surface area contributed by atoms with E-state index in [1.807, 2.05) is 17.5 Å². The lowest BCUT2D eigenvalue weighted by molar-refractivity contribution is 0.104. The maximum atomic E-state index is 12.1. The molecule has 0 radical (unpaired) electrons. The standard InChI is InChI=1S/C15H14O4S2/c1-19-14-10-11(5-8-15(14)21(2,17)18)13(16)7-6-12-4-3-9-20-12/h3-10H,1-2H3/b7-6-. The number of hydrogen-bond acceptors (Lipinski definition) is 5. The zero-order valence-corrected chi connectivity index (χ0v) is 13.2. The van der Waals surface area contributed by atoms with Crippen LogP contribution in [-0.2, 0) is 9.84 Å². The van der Waals surface area contributed by atoms with E-state index in [9.17, 15) is 13.2 Å². The van der Waals surface area contributed by atoms with E-state index in [0.717, 1.165) is 11.1 Å². The Labute approximate surface area is 127 Å². The summed E-state index contributed by atoms with van der Waals surface area (Å²) < 4.78 is 28.3. The molecule has 6 heteroatoms. The van der Waals surface area contributed by atoms with Gasteiger partial charge in [-0.1, -0.05) is 6.07 Å². The van der Waals surface area contributed by atoms with Crippen LogP contribution in [0.1, 0.15) is 15.2 Å². The predicted octanol–water partition coefficient (Wildman–Crippen LogP) is 3.06. The van der Waals surface area contributed by atoms with Crippen molar-refractivity contribution in [3.63, 3.8) is 0 Å². The van der Waals surface area contributed by atoms with Gasteiger partial charge in [0.25, 0.3) is 0 Å². The second kappa shape index (κ2) is 6.24. The summed E-state index contributed by atoms with van der Waals surface area (Å²) in [5.41, 5.74) is 0.382. The van der Waals surface area contributed by atoms with Crippen molar-refractivity contribution in [2.24, 2.45) is 0 Å². The van der Waals surface area contributed by atoms with Crippen LogP contribution in [0, 0.1) is 0 Å². The summed E-state index contributed by atoms with van der Waals surface area (Å²) in [6, 6.07) is 8.12. The molecular formula is C15H14O4S2. The smallest absolute Gasteiger partial charge is 0.186 e. The summed E-state index contributed by atoms with van der Waals surface area (Å²) in [5.74, 6) is -0.0328. The van der Waals surface area contributed by atoms with Gasteiger partial charge >= 0.3 is 0 Å². The Kier molecular flexibility index (Phi) is 4.59. The molecule has 0 aliphatic carbocycles. The molecule has 1 aromatic carbocycles. The second-order valence-corrected chi connectivity index (χ2v) is 7.31. The van der Waals surface area contributed by atoms with Gasteiger partial charge in [0, 0.05) is 16.7 Å². The molecule has 0 spiro atoms. The zero-order valence-electron chi connectivity index (χ0n) is 11.6. The van der Waals surface area contributed by atoms with Gasteiger partial charge in [-0.2, -0.15) is 0 Å². The largest absolute Gasteiger partial charge is 0.495 e. The van der Waals surface area contributed by atoms with Crippen molar-refractivity contribution in [3.05, 3.63) is 52.2 Å². The van der Waals surface area contributed by atoms with Crippen molar-refractivity contribution in [2.75, 3.05) is 13.4 Å². The molecule has 0 N–H and O–H groups in total. The Hall–Kier alpha value is -1.92. The molecule has 110 valence electrons. The van der Waals surface area contributed by atoms with Crippen LogP contribution in [0.3, 0.4) is 0 Å². The van der Waals surface area contributed by atoms with Crippen molar-refractivity contribution in [1.29, 1.82) is 0 Å². The van der Waals surface area contributed by atoms with Crippen LogP contribution in [0.2, 0.25) is 0 Å². The fourth-order valence-corrected chi connectivity index (χ4v) is 3.21. The van der Waals surface area contributed by atoms with E-state index in [4.69, 9.17) is 4.74 Å². The molecule has 0 saturated heterocycles.